The van der Waals surface area contributed by atoms with Gasteiger partial charge in [-0.15, -0.1) is 0 Å². The Kier molecular flexibility index (Phi) is 5.24. The number of ether oxygens (including phenoxy) is 1. The maximum Gasteiger partial charge on any atom is 0.175 e. The molecule has 5 nitrogen and oxygen atoms in total. The topological polar surface area (TPSA) is 67.4 Å². The Hall–Kier alpha value is -1.11. The molecule has 1 aromatic carbocycles. The Labute approximate surface area is 127 Å². The lowest BCUT2D eigenvalue weighted by Gasteiger charge is -2.37. The Bertz CT molecular complexity index is 543. The smallest absolute Gasteiger partial charge is 0.175 e. The molecule has 0 unspecified atom stereocenters. The van der Waals surface area contributed by atoms with Gasteiger partial charge in [0, 0.05) is 31.0 Å². The van der Waals surface area contributed by atoms with E-state index in [1.54, 1.807) is 19.2 Å². The van der Waals surface area contributed by atoms with Crippen LogP contribution in [0.25, 0.3) is 0 Å². The molecule has 0 spiro atoms. The Morgan fingerprint density at radius 2 is 1.86 bits per heavy atom. The molecule has 1 heterocycles. The van der Waals surface area contributed by atoms with E-state index in [0.717, 1.165) is 44.8 Å². The van der Waals surface area contributed by atoms with Crippen LogP contribution < -0.4 is 10.6 Å². The summed E-state index contributed by atoms with van der Waals surface area (Å²) in [4.78, 5) is 0.349. The number of hydrogen-bond donors (Lipinski definition) is 2. The van der Waals surface area contributed by atoms with Crippen molar-refractivity contribution < 1.29 is 13.2 Å². The number of anilines is 1. The largest absolute Gasteiger partial charge is 0.384 e. The van der Waals surface area contributed by atoms with Gasteiger partial charge in [0.15, 0.2) is 9.84 Å². The second kappa shape index (κ2) is 6.77. The fraction of sp³-hybridized carbons (Fsp3) is 0.600. The van der Waals surface area contributed by atoms with Crippen LogP contribution in [0.4, 0.5) is 5.69 Å². The van der Waals surface area contributed by atoms with Crippen molar-refractivity contribution in [1.82, 2.24) is 5.32 Å². The van der Waals surface area contributed by atoms with Crippen molar-refractivity contribution >= 4 is 15.5 Å². The lowest BCUT2D eigenvalue weighted by molar-refractivity contribution is 0.0636. The maximum absolute atomic E-state index is 11.4. The number of rotatable bonds is 6. The molecule has 1 aliphatic rings. The van der Waals surface area contributed by atoms with Crippen molar-refractivity contribution in [1.29, 1.82) is 0 Å². The molecular weight excluding hydrogens is 288 g/mol. The lowest BCUT2D eigenvalue weighted by Crippen LogP contribution is -2.44. The third-order valence-corrected chi connectivity index (χ3v) is 5.19. The molecule has 2 rings (SSSR count). The van der Waals surface area contributed by atoms with Crippen LogP contribution in [0.3, 0.4) is 0 Å². The van der Waals surface area contributed by atoms with Crippen LogP contribution in [-0.4, -0.2) is 48.0 Å². The van der Waals surface area contributed by atoms with Crippen LogP contribution in [0.2, 0.25) is 0 Å². The van der Waals surface area contributed by atoms with E-state index >= 15 is 0 Å². The van der Waals surface area contributed by atoms with E-state index in [2.05, 4.69) is 10.6 Å². The Balaban J connectivity index is 2.00. The van der Waals surface area contributed by atoms with Gasteiger partial charge in [0.2, 0.25) is 0 Å². The summed E-state index contributed by atoms with van der Waals surface area (Å²) in [6.45, 7) is 3.60. The molecule has 0 bridgehead atoms. The third-order valence-electron chi connectivity index (χ3n) is 4.06. The van der Waals surface area contributed by atoms with Gasteiger partial charge in [0.25, 0.3) is 0 Å². The molecule has 0 aromatic heterocycles. The van der Waals surface area contributed by atoms with Gasteiger partial charge >= 0.3 is 0 Å². The number of benzene rings is 1. The van der Waals surface area contributed by atoms with Crippen molar-refractivity contribution in [3.63, 3.8) is 0 Å². The quantitative estimate of drug-likeness (QED) is 0.833. The average molecular weight is 312 g/mol. The SMILES string of the molecule is COCC1(CNc2ccc(S(C)(=O)=O)cc2)CCNCC1. The molecule has 1 saturated heterocycles. The van der Waals surface area contributed by atoms with Gasteiger partial charge in [-0.3, -0.25) is 0 Å². The second-order valence-electron chi connectivity index (χ2n) is 5.83. The molecule has 0 amide bonds. The molecule has 0 radical (unpaired) electrons. The van der Waals surface area contributed by atoms with Crippen LogP contribution >= 0.6 is 0 Å². The summed E-state index contributed by atoms with van der Waals surface area (Å²) < 4.78 is 28.3. The number of sulfone groups is 1. The van der Waals surface area contributed by atoms with Gasteiger partial charge < -0.3 is 15.4 Å². The highest BCUT2D eigenvalue weighted by Gasteiger charge is 2.31. The van der Waals surface area contributed by atoms with Crippen LogP contribution in [0.15, 0.2) is 29.2 Å². The monoisotopic (exact) mass is 312 g/mol. The molecule has 1 aromatic rings. The summed E-state index contributed by atoms with van der Waals surface area (Å²) in [6, 6.07) is 6.92. The molecule has 6 heteroatoms. The number of nitrogens with one attached hydrogen (secondary N) is 2. The summed E-state index contributed by atoms with van der Waals surface area (Å²) in [5.41, 5.74) is 1.09. The number of methoxy groups -OCH3 is 1. The first-order chi connectivity index (χ1) is 9.95. The van der Waals surface area contributed by atoms with E-state index in [1.165, 1.54) is 6.26 Å². The molecule has 118 valence electrons. The number of piperidine rings is 1. The van der Waals surface area contributed by atoms with Crippen LogP contribution in [0, 0.1) is 5.41 Å². The standard InChI is InChI=1S/C15H24N2O3S/c1-20-12-15(7-9-16-10-8-15)11-17-13-3-5-14(6-4-13)21(2,18)19/h3-6,16-17H,7-12H2,1-2H3. The van der Waals surface area contributed by atoms with Gasteiger partial charge in [-0.05, 0) is 50.2 Å². The number of hydrogen-bond acceptors (Lipinski definition) is 5. The molecule has 1 fully saturated rings. The van der Waals surface area contributed by atoms with Crippen LogP contribution in [0.5, 0.6) is 0 Å². The van der Waals surface area contributed by atoms with Gasteiger partial charge in [0.05, 0.1) is 11.5 Å². The summed E-state index contributed by atoms with van der Waals surface area (Å²) in [7, 11) is -1.39. The van der Waals surface area contributed by atoms with Gasteiger partial charge in [-0.2, -0.15) is 0 Å². The Morgan fingerprint density at radius 3 is 2.38 bits per heavy atom. The highest BCUT2D eigenvalue weighted by molar-refractivity contribution is 7.90. The highest BCUT2D eigenvalue weighted by atomic mass is 32.2. The summed E-state index contributed by atoms with van der Waals surface area (Å²) in [5.74, 6) is 0. The lowest BCUT2D eigenvalue weighted by atomic mass is 9.79. The molecule has 21 heavy (non-hydrogen) atoms. The zero-order valence-electron chi connectivity index (χ0n) is 12.7. The van der Waals surface area contributed by atoms with Crippen molar-refractivity contribution in [2.75, 3.05) is 44.9 Å². The average Bonchev–Trinajstić information content (AvgIpc) is 2.46. The first-order valence-electron chi connectivity index (χ1n) is 7.19. The first-order valence-corrected chi connectivity index (χ1v) is 9.08. The summed E-state index contributed by atoms with van der Waals surface area (Å²) in [6.07, 6.45) is 3.38. The van der Waals surface area contributed by atoms with E-state index in [0.29, 0.717) is 4.90 Å². The molecule has 0 atom stereocenters. The minimum absolute atomic E-state index is 0.148. The normalized spacial score (nSPS) is 18.4. The van der Waals surface area contributed by atoms with E-state index in [9.17, 15) is 8.42 Å². The van der Waals surface area contributed by atoms with Crippen molar-refractivity contribution in [2.24, 2.45) is 5.41 Å². The fourth-order valence-corrected chi connectivity index (χ4v) is 3.38. The Morgan fingerprint density at radius 1 is 1.24 bits per heavy atom. The summed E-state index contributed by atoms with van der Waals surface area (Å²) in [5, 5.41) is 6.79. The van der Waals surface area contributed by atoms with Gasteiger partial charge in [-0.1, -0.05) is 0 Å². The predicted octanol–water partition coefficient (Wildman–Crippen LogP) is 1.52. The maximum atomic E-state index is 11.4. The molecule has 0 aliphatic carbocycles. The summed E-state index contributed by atoms with van der Waals surface area (Å²) >= 11 is 0. The minimum atomic E-state index is -3.13. The first kappa shape index (κ1) is 16.3. The zero-order valence-corrected chi connectivity index (χ0v) is 13.5. The van der Waals surface area contributed by atoms with Crippen molar-refractivity contribution in [3.05, 3.63) is 24.3 Å². The van der Waals surface area contributed by atoms with E-state index in [1.807, 2.05) is 12.1 Å². The predicted molar refractivity (Wildman–Crippen MR) is 84.5 cm³/mol. The molecular formula is C15H24N2O3S. The van der Waals surface area contributed by atoms with E-state index in [4.69, 9.17) is 4.74 Å². The fourth-order valence-electron chi connectivity index (χ4n) is 2.74. The van der Waals surface area contributed by atoms with E-state index < -0.39 is 9.84 Å². The zero-order chi connectivity index (χ0) is 15.3. The second-order valence-corrected chi connectivity index (χ2v) is 7.85. The minimum Gasteiger partial charge on any atom is -0.384 e. The van der Waals surface area contributed by atoms with Crippen molar-refractivity contribution in [2.45, 2.75) is 17.7 Å². The molecule has 0 saturated carbocycles. The van der Waals surface area contributed by atoms with Gasteiger partial charge in [-0.25, -0.2) is 8.42 Å². The highest BCUT2D eigenvalue weighted by Crippen LogP contribution is 2.29. The molecule has 1 aliphatic heterocycles. The van der Waals surface area contributed by atoms with Crippen LogP contribution in [-0.2, 0) is 14.6 Å². The van der Waals surface area contributed by atoms with Crippen molar-refractivity contribution in [3.8, 4) is 0 Å². The van der Waals surface area contributed by atoms with Gasteiger partial charge in [0.1, 0.15) is 0 Å². The molecule has 2 N–H and O–H groups in total. The van der Waals surface area contributed by atoms with E-state index in [-0.39, 0.29) is 5.41 Å². The third kappa shape index (κ3) is 4.43. The van der Waals surface area contributed by atoms with Crippen LogP contribution in [0.1, 0.15) is 12.8 Å².